The van der Waals surface area contributed by atoms with Crippen LogP contribution in [0, 0.1) is 13.8 Å². The van der Waals surface area contributed by atoms with E-state index >= 15 is 0 Å². The number of rotatable bonds is 4. The van der Waals surface area contributed by atoms with E-state index in [9.17, 15) is 9.59 Å². The second-order valence-corrected chi connectivity index (χ2v) is 3.73. The smallest absolute Gasteiger partial charge is 0.323 e. The first kappa shape index (κ1) is 12.2. The molecule has 0 aromatic carbocycles. The van der Waals surface area contributed by atoms with Crippen LogP contribution in [0.15, 0.2) is 6.07 Å². The Morgan fingerprint density at radius 3 is 2.56 bits per heavy atom. The van der Waals surface area contributed by atoms with E-state index in [2.05, 4.69) is 5.10 Å². The molecule has 0 radical (unpaired) electrons. The second-order valence-electron chi connectivity index (χ2n) is 3.73. The maximum Gasteiger partial charge on any atom is 0.323 e. The molecular formula is C10H15N3O3. The lowest BCUT2D eigenvalue weighted by molar-refractivity contribution is -0.143. The third kappa shape index (κ3) is 3.08. The number of carbonyl (C=O) groups excluding carboxylic acids is 1. The van der Waals surface area contributed by atoms with Gasteiger partial charge in [-0.25, -0.2) is 0 Å². The number of nitrogens with zero attached hydrogens (tertiary/aromatic N) is 3. The van der Waals surface area contributed by atoms with Crippen molar-refractivity contribution in [3.63, 3.8) is 0 Å². The molecule has 0 aliphatic rings. The lowest BCUT2D eigenvalue weighted by Gasteiger charge is -2.14. The van der Waals surface area contributed by atoms with Gasteiger partial charge in [-0.3, -0.25) is 14.3 Å². The number of hydrogen-bond donors (Lipinski definition) is 1. The van der Waals surface area contributed by atoms with Crippen LogP contribution in [0.1, 0.15) is 11.4 Å². The van der Waals surface area contributed by atoms with E-state index in [1.165, 1.54) is 11.9 Å². The number of aryl methyl sites for hydroxylation is 2. The summed E-state index contributed by atoms with van der Waals surface area (Å²) < 4.78 is 1.57. The molecule has 6 heteroatoms. The van der Waals surface area contributed by atoms with Gasteiger partial charge in [0.15, 0.2) is 0 Å². The highest BCUT2D eigenvalue weighted by molar-refractivity contribution is 5.80. The summed E-state index contributed by atoms with van der Waals surface area (Å²) in [6.45, 7) is 3.47. The Hall–Kier alpha value is -1.85. The largest absolute Gasteiger partial charge is 0.480 e. The molecule has 6 nitrogen and oxygen atoms in total. The summed E-state index contributed by atoms with van der Waals surface area (Å²) >= 11 is 0. The number of aromatic nitrogens is 2. The van der Waals surface area contributed by atoms with E-state index in [0.717, 1.165) is 11.4 Å². The summed E-state index contributed by atoms with van der Waals surface area (Å²) in [4.78, 5) is 23.2. The third-order valence-electron chi connectivity index (χ3n) is 2.19. The Morgan fingerprint density at radius 2 is 2.12 bits per heavy atom. The standard InChI is InChI=1S/C10H15N3O3/c1-7-4-8(2)13(11-7)5-9(14)12(3)6-10(15)16/h4H,5-6H2,1-3H3,(H,15,16). The van der Waals surface area contributed by atoms with Crippen LogP contribution in [0.3, 0.4) is 0 Å². The molecule has 0 saturated carbocycles. The molecule has 88 valence electrons. The predicted molar refractivity (Wildman–Crippen MR) is 57.0 cm³/mol. The molecule has 1 amide bonds. The third-order valence-corrected chi connectivity index (χ3v) is 2.19. The molecule has 1 aromatic heterocycles. The van der Waals surface area contributed by atoms with Gasteiger partial charge in [-0.05, 0) is 19.9 Å². The van der Waals surface area contributed by atoms with Crippen molar-refractivity contribution in [3.8, 4) is 0 Å². The van der Waals surface area contributed by atoms with Crippen molar-refractivity contribution in [1.82, 2.24) is 14.7 Å². The molecule has 0 atom stereocenters. The number of carboxylic acid groups (broad SMARTS) is 1. The predicted octanol–water partition coefficient (Wildman–Crippen LogP) is 0.0429. The fourth-order valence-electron chi connectivity index (χ4n) is 1.37. The van der Waals surface area contributed by atoms with Gasteiger partial charge < -0.3 is 10.0 Å². The van der Waals surface area contributed by atoms with Crippen molar-refractivity contribution in [3.05, 3.63) is 17.5 Å². The van der Waals surface area contributed by atoms with Crippen molar-refractivity contribution in [2.24, 2.45) is 0 Å². The van der Waals surface area contributed by atoms with E-state index in [4.69, 9.17) is 5.11 Å². The highest BCUT2D eigenvalue weighted by Gasteiger charge is 2.13. The van der Waals surface area contributed by atoms with E-state index < -0.39 is 5.97 Å². The first-order chi connectivity index (χ1) is 7.40. The Morgan fingerprint density at radius 1 is 1.50 bits per heavy atom. The SMILES string of the molecule is Cc1cc(C)n(CC(=O)N(C)CC(=O)O)n1. The molecule has 0 fully saturated rings. The molecular weight excluding hydrogens is 210 g/mol. The minimum absolute atomic E-state index is 0.0729. The lowest BCUT2D eigenvalue weighted by atomic mass is 10.4. The van der Waals surface area contributed by atoms with E-state index in [0.29, 0.717) is 0 Å². The zero-order chi connectivity index (χ0) is 12.3. The number of aliphatic carboxylic acids is 1. The quantitative estimate of drug-likeness (QED) is 0.785. The summed E-state index contributed by atoms with van der Waals surface area (Å²) in [7, 11) is 1.46. The van der Waals surface area contributed by atoms with Gasteiger partial charge in [-0.15, -0.1) is 0 Å². The Bertz CT molecular complexity index is 411. The van der Waals surface area contributed by atoms with Gasteiger partial charge in [0.05, 0.1) is 5.69 Å². The number of hydrogen-bond acceptors (Lipinski definition) is 3. The van der Waals surface area contributed by atoms with E-state index in [1.54, 1.807) is 4.68 Å². The van der Waals surface area contributed by atoms with Gasteiger partial charge in [-0.1, -0.05) is 0 Å². The topological polar surface area (TPSA) is 75.4 Å². The monoisotopic (exact) mass is 225 g/mol. The van der Waals surface area contributed by atoms with E-state index in [1.807, 2.05) is 19.9 Å². The van der Waals surface area contributed by atoms with Crippen molar-refractivity contribution in [2.75, 3.05) is 13.6 Å². The molecule has 1 heterocycles. The normalized spacial score (nSPS) is 10.2. The molecule has 0 spiro atoms. The number of likely N-dealkylation sites (N-methyl/N-ethyl adjacent to an activating group) is 1. The van der Waals surface area contributed by atoms with Crippen LogP contribution in [0.4, 0.5) is 0 Å². The highest BCUT2D eigenvalue weighted by atomic mass is 16.4. The van der Waals surface area contributed by atoms with Crippen molar-refractivity contribution in [1.29, 1.82) is 0 Å². The van der Waals surface area contributed by atoms with Crippen molar-refractivity contribution in [2.45, 2.75) is 20.4 Å². The fraction of sp³-hybridized carbons (Fsp3) is 0.500. The van der Waals surface area contributed by atoms with Crippen LogP contribution in [-0.4, -0.2) is 45.3 Å². The van der Waals surface area contributed by atoms with Gasteiger partial charge in [-0.2, -0.15) is 5.10 Å². The maximum absolute atomic E-state index is 11.6. The van der Waals surface area contributed by atoms with Gasteiger partial charge in [0.1, 0.15) is 13.1 Å². The summed E-state index contributed by atoms with van der Waals surface area (Å²) in [5.74, 6) is -1.29. The molecule has 0 aliphatic carbocycles. The summed E-state index contributed by atoms with van der Waals surface area (Å²) in [6, 6.07) is 1.87. The van der Waals surface area contributed by atoms with E-state index in [-0.39, 0.29) is 19.0 Å². The summed E-state index contributed by atoms with van der Waals surface area (Å²) in [5, 5.41) is 12.7. The lowest BCUT2D eigenvalue weighted by Crippen LogP contribution is -2.34. The van der Waals surface area contributed by atoms with Crippen LogP contribution < -0.4 is 0 Å². The molecule has 1 aromatic rings. The van der Waals surface area contributed by atoms with Crippen LogP contribution in [0.5, 0.6) is 0 Å². The van der Waals surface area contributed by atoms with Gasteiger partial charge in [0, 0.05) is 12.7 Å². The molecule has 0 aliphatic heterocycles. The van der Waals surface area contributed by atoms with Crippen LogP contribution in [0.2, 0.25) is 0 Å². The molecule has 0 unspecified atom stereocenters. The average molecular weight is 225 g/mol. The zero-order valence-corrected chi connectivity index (χ0v) is 9.60. The second kappa shape index (κ2) is 4.78. The maximum atomic E-state index is 11.6. The summed E-state index contributed by atoms with van der Waals surface area (Å²) in [5.41, 5.74) is 1.72. The Kier molecular flexibility index (Phi) is 3.65. The molecule has 16 heavy (non-hydrogen) atoms. The van der Waals surface area contributed by atoms with Crippen LogP contribution in [-0.2, 0) is 16.1 Å². The molecule has 0 bridgehead atoms. The highest BCUT2D eigenvalue weighted by Crippen LogP contribution is 2.02. The van der Waals surface area contributed by atoms with Crippen molar-refractivity contribution < 1.29 is 14.7 Å². The van der Waals surface area contributed by atoms with Gasteiger partial charge in [0.2, 0.25) is 5.91 Å². The minimum atomic E-state index is -1.02. The zero-order valence-electron chi connectivity index (χ0n) is 9.60. The summed E-state index contributed by atoms with van der Waals surface area (Å²) in [6.07, 6.45) is 0. The van der Waals surface area contributed by atoms with Gasteiger partial charge >= 0.3 is 5.97 Å². The Balaban J connectivity index is 2.64. The first-order valence-corrected chi connectivity index (χ1v) is 4.87. The first-order valence-electron chi connectivity index (χ1n) is 4.87. The number of amides is 1. The Labute approximate surface area is 93.5 Å². The molecule has 1 N–H and O–H groups in total. The fourth-order valence-corrected chi connectivity index (χ4v) is 1.37. The number of carboxylic acids is 1. The molecule has 0 saturated heterocycles. The van der Waals surface area contributed by atoms with Crippen LogP contribution in [0.25, 0.3) is 0 Å². The van der Waals surface area contributed by atoms with Gasteiger partial charge in [0.25, 0.3) is 0 Å². The molecule has 1 rings (SSSR count). The minimum Gasteiger partial charge on any atom is -0.480 e. The average Bonchev–Trinajstić information content (AvgIpc) is 2.43. The number of carbonyl (C=O) groups is 2. The van der Waals surface area contributed by atoms with Crippen molar-refractivity contribution >= 4 is 11.9 Å². The van der Waals surface area contributed by atoms with Crippen LogP contribution >= 0.6 is 0 Å².